The van der Waals surface area contributed by atoms with Crippen LogP contribution in [0, 0.1) is 0 Å². The van der Waals surface area contributed by atoms with Crippen LogP contribution in [-0.4, -0.2) is 23.6 Å². The minimum atomic E-state index is -2.48. The van der Waals surface area contributed by atoms with Gasteiger partial charge in [-0.15, -0.1) is 0 Å². The maximum absolute atomic E-state index is 12.2. The molecule has 0 atom stereocenters. The summed E-state index contributed by atoms with van der Waals surface area (Å²) < 4.78 is 29.5. The molecule has 3 nitrogen and oxygen atoms in total. The molecule has 0 unspecified atom stereocenters. The summed E-state index contributed by atoms with van der Waals surface area (Å²) in [6, 6.07) is 2.00. The number of hydrogen-bond donors (Lipinski definition) is 1. The average Bonchev–Trinajstić information content (AvgIpc) is 2.33. The Balaban J connectivity index is 2.84. The number of nitrogens with zero attached hydrogens (tertiary/aromatic N) is 1. The van der Waals surface area contributed by atoms with Crippen molar-refractivity contribution in [1.29, 1.82) is 0 Å². The molecule has 0 aliphatic rings. The molecule has 0 aliphatic heterocycles. The van der Waals surface area contributed by atoms with Gasteiger partial charge in [-0.25, -0.2) is 13.8 Å². The smallest absolute Gasteiger partial charge is 0.272 e. The Kier molecular flexibility index (Phi) is 5.87. The van der Waals surface area contributed by atoms with E-state index in [4.69, 9.17) is 4.74 Å². The van der Waals surface area contributed by atoms with Crippen LogP contribution >= 0.6 is 0 Å². The first-order valence-corrected chi connectivity index (χ1v) is 6.93. The van der Waals surface area contributed by atoms with Crippen LogP contribution in [0.4, 0.5) is 8.78 Å². The molecule has 0 saturated heterocycles. The van der Waals surface area contributed by atoms with Crippen molar-refractivity contribution in [3.05, 3.63) is 23.4 Å². The molecule has 5 heteroatoms. The monoisotopic (exact) mass is 287 g/mol. The van der Waals surface area contributed by atoms with Gasteiger partial charge < -0.3 is 10.1 Å². The van der Waals surface area contributed by atoms with E-state index in [1.54, 1.807) is 6.20 Å². The molecule has 2 N–H and O–H groups in total. The highest BCUT2D eigenvalue weighted by Crippen LogP contribution is 2.25. The van der Waals surface area contributed by atoms with Crippen LogP contribution in [0.2, 0.25) is 0 Å². The van der Waals surface area contributed by atoms with Crippen LogP contribution in [0.5, 0.6) is 5.88 Å². The molecule has 0 aliphatic carbocycles. The number of aromatic nitrogens is 1. The highest BCUT2D eigenvalue weighted by atomic mass is 19.3. The van der Waals surface area contributed by atoms with Crippen LogP contribution in [0.15, 0.2) is 12.3 Å². The van der Waals surface area contributed by atoms with Crippen molar-refractivity contribution in [3.8, 4) is 5.88 Å². The SMILES string of the molecule is CC(C)c1cc(C[NH2+]C(C)(C)C)cnc1OCC(F)F. The maximum atomic E-state index is 12.2. The predicted octanol–water partition coefficient (Wildman–Crippen LogP) is 2.71. The van der Waals surface area contributed by atoms with Crippen molar-refractivity contribution in [3.63, 3.8) is 0 Å². The molecular formula is C15H25F2N2O+. The minimum Gasteiger partial charge on any atom is -0.471 e. The second-order valence-corrected chi connectivity index (χ2v) is 6.37. The number of pyridine rings is 1. The Labute approximate surface area is 119 Å². The van der Waals surface area contributed by atoms with Gasteiger partial charge in [-0.05, 0) is 32.8 Å². The number of alkyl halides is 2. The zero-order chi connectivity index (χ0) is 15.3. The lowest BCUT2D eigenvalue weighted by Crippen LogP contribution is -2.92. The van der Waals surface area contributed by atoms with Gasteiger partial charge in [0.05, 0.1) is 5.54 Å². The Hall–Kier alpha value is -1.23. The largest absolute Gasteiger partial charge is 0.471 e. The second kappa shape index (κ2) is 6.97. The first-order valence-electron chi connectivity index (χ1n) is 6.93. The van der Waals surface area contributed by atoms with Gasteiger partial charge in [0.2, 0.25) is 5.88 Å². The van der Waals surface area contributed by atoms with E-state index in [0.717, 1.165) is 17.7 Å². The lowest BCUT2D eigenvalue weighted by atomic mass is 10.0. The van der Waals surface area contributed by atoms with E-state index >= 15 is 0 Å². The molecule has 1 aromatic heterocycles. The van der Waals surface area contributed by atoms with E-state index in [1.165, 1.54) is 0 Å². The van der Waals surface area contributed by atoms with Gasteiger partial charge in [-0.3, -0.25) is 0 Å². The molecular weight excluding hydrogens is 262 g/mol. The van der Waals surface area contributed by atoms with Gasteiger partial charge in [0.15, 0.2) is 6.61 Å². The third kappa shape index (κ3) is 5.82. The standard InChI is InChI=1S/C15H24F2N2O/c1-10(2)12-6-11(8-19-15(3,4)5)7-18-14(12)20-9-13(16)17/h6-7,10,13,19H,8-9H2,1-5H3/p+1. The quantitative estimate of drug-likeness (QED) is 0.873. The van der Waals surface area contributed by atoms with Crippen molar-refractivity contribution < 1.29 is 18.8 Å². The first-order chi connectivity index (χ1) is 9.19. The highest BCUT2D eigenvalue weighted by Gasteiger charge is 2.16. The van der Waals surface area contributed by atoms with Crippen molar-refractivity contribution in [2.75, 3.05) is 6.61 Å². The maximum Gasteiger partial charge on any atom is 0.272 e. The zero-order valence-corrected chi connectivity index (χ0v) is 12.9. The van der Waals surface area contributed by atoms with E-state index in [2.05, 4.69) is 31.1 Å². The van der Waals surface area contributed by atoms with E-state index in [9.17, 15) is 8.78 Å². The highest BCUT2D eigenvalue weighted by molar-refractivity contribution is 5.32. The van der Waals surface area contributed by atoms with Gasteiger partial charge in [0, 0.05) is 17.3 Å². The summed E-state index contributed by atoms with van der Waals surface area (Å²) in [6.07, 6.45) is -0.778. The number of ether oxygens (including phenoxy) is 1. The molecule has 1 aromatic rings. The molecule has 0 radical (unpaired) electrons. The lowest BCUT2D eigenvalue weighted by molar-refractivity contribution is -0.731. The molecule has 0 saturated carbocycles. The summed E-state index contributed by atoms with van der Waals surface area (Å²) in [7, 11) is 0. The van der Waals surface area contributed by atoms with Gasteiger partial charge >= 0.3 is 0 Å². The van der Waals surface area contributed by atoms with Crippen LogP contribution in [0.25, 0.3) is 0 Å². The Morgan fingerprint density at radius 3 is 2.45 bits per heavy atom. The Morgan fingerprint density at radius 2 is 1.95 bits per heavy atom. The molecule has 0 spiro atoms. The van der Waals surface area contributed by atoms with Gasteiger partial charge in [-0.2, -0.15) is 0 Å². The van der Waals surface area contributed by atoms with Crippen molar-refractivity contribution >= 4 is 0 Å². The topological polar surface area (TPSA) is 38.7 Å². The lowest BCUT2D eigenvalue weighted by Gasteiger charge is -2.18. The van der Waals surface area contributed by atoms with Gasteiger partial charge in [0.1, 0.15) is 6.54 Å². The molecule has 0 aromatic carbocycles. The first kappa shape index (κ1) is 16.8. The fourth-order valence-electron chi connectivity index (χ4n) is 1.73. The van der Waals surface area contributed by atoms with Crippen LogP contribution in [0.3, 0.4) is 0 Å². The van der Waals surface area contributed by atoms with Crippen LogP contribution in [0.1, 0.15) is 51.7 Å². The van der Waals surface area contributed by atoms with E-state index in [-0.39, 0.29) is 11.5 Å². The predicted molar refractivity (Wildman–Crippen MR) is 75.2 cm³/mol. The number of rotatable bonds is 6. The van der Waals surface area contributed by atoms with E-state index in [0.29, 0.717) is 5.88 Å². The number of halogens is 2. The average molecular weight is 287 g/mol. The zero-order valence-electron chi connectivity index (χ0n) is 12.9. The van der Waals surface area contributed by atoms with Crippen molar-refractivity contribution in [2.24, 2.45) is 0 Å². The molecule has 1 rings (SSSR count). The minimum absolute atomic E-state index is 0.142. The fraction of sp³-hybridized carbons (Fsp3) is 0.667. The molecule has 0 fully saturated rings. The summed E-state index contributed by atoms with van der Waals surface area (Å²) in [5.41, 5.74) is 2.10. The summed E-state index contributed by atoms with van der Waals surface area (Å²) >= 11 is 0. The summed E-state index contributed by atoms with van der Waals surface area (Å²) in [5.74, 6) is 0.504. The van der Waals surface area contributed by atoms with Crippen molar-refractivity contribution in [1.82, 2.24) is 4.98 Å². The molecule has 20 heavy (non-hydrogen) atoms. The number of quaternary nitrogens is 1. The Bertz CT molecular complexity index is 428. The molecule has 0 amide bonds. The third-order valence-electron chi connectivity index (χ3n) is 2.85. The summed E-state index contributed by atoms with van der Waals surface area (Å²) in [5, 5.41) is 2.22. The second-order valence-electron chi connectivity index (χ2n) is 6.37. The van der Waals surface area contributed by atoms with E-state index < -0.39 is 13.0 Å². The normalized spacial score (nSPS) is 12.2. The van der Waals surface area contributed by atoms with E-state index in [1.807, 2.05) is 19.9 Å². The van der Waals surface area contributed by atoms with Crippen molar-refractivity contribution in [2.45, 2.75) is 59.0 Å². The summed E-state index contributed by atoms with van der Waals surface area (Å²) in [6.45, 7) is 10.6. The molecule has 114 valence electrons. The number of hydrogen-bond acceptors (Lipinski definition) is 2. The molecule has 0 bridgehead atoms. The molecule has 1 heterocycles. The Morgan fingerprint density at radius 1 is 1.30 bits per heavy atom. The van der Waals surface area contributed by atoms with Gasteiger partial charge in [0.25, 0.3) is 6.43 Å². The third-order valence-corrected chi connectivity index (χ3v) is 2.85. The van der Waals surface area contributed by atoms with Gasteiger partial charge in [-0.1, -0.05) is 13.8 Å². The fourth-order valence-corrected chi connectivity index (χ4v) is 1.73. The van der Waals surface area contributed by atoms with Crippen LogP contribution < -0.4 is 10.1 Å². The number of nitrogens with two attached hydrogens (primary N) is 1. The summed E-state index contributed by atoms with van der Waals surface area (Å²) in [4.78, 5) is 4.20. The van der Waals surface area contributed by atoms with Crippen LogP contribution in [-0.2, 0) is 6.54 Å².